The summed E-state index contributed by atoms with van der Waals surface area (Å²) in [7, 11) is 0. The first kappa shape index (κ1) is 13.5. The second kappa shape index (κ2) is 6.27. The highest BCUT2D eigenvalue weighted by Gasteiger charge is 2.09. The first-order valence-corrected chi connectivity index (χ1v) is 6.03. The smallest absolute Gasteiger partial charge is 0.321 e. The maximum absolute atomic E-state index is 5.68. The lowest BCUT2D eigenvalue weighted by atomic mass is 10.3. The predicted octanol–water partition coefficient (Wildman–Crippen LogP) is 2.41. The summed E-state index contributed by atoms with van der Waals surface area (Å²) in [4.78, 5) is 8.19. The topological polar surface area (TPSA) is 70.3 Å². The van der Waals surface area contributed by atoms with Crippen LogP contribution in [0.15, 0.2) is 6.07 Å². The minimum Gasteiger partial charge on any atom is -0.474 e. The van der Waals surface area contributed by atoms with Gasteiger partial charge in [-0.15, -0.1) is 0 Å². The van der Waals surface area contributed by atoms with Gasteiger partial charge >= 0.3 is 6.01 Å². The molecule has 0 aliphatic carbocycles. The Hall–Kier alpha value is -1.52. The fraction of sp³-hybridized carbons (Fsp3) is 0.667. The summed E-state index contributed by atoms with van der Waals surface area (Å²) in [5.74, 6) is 0.821. The van der Waals surface area contributed by atoms with Gasteiger partial charge in [0.2, 0.25) is 5.88 Å². The van der Waals surface area contributed by atoms with Gasteiger partial charge in [0, 0.05) is 6.07 Å². The lowest BCUT2D eigenvalue weighted by Gasteiger charge is -2.14. The van der Waals surface area contributed by atoms with Crippen LogP contribution < -0.4 is 15.2 Å². The van der Waals surface area contributed by atoms with E-state index in [1.165, 1.54) is 0 Å². The van der Waals surface area contributed by atoms with Gasteiger partial charge in [0.25, 0.3) is 0 Å². The Morgan fingerprint density at radius 1 is 1.12 bits per heavy atom. The number of nitrogens with two attached hydrogens (primary N) is 1. The second-order valence-electron chi connectivity index (χ2n) is 4.09. The Morgan fingerprint density at radius 3 is 2.29 bits per heavy atom. The first-order valence-electron chi connectivity index (χ1n) is 6.03. The zero-order chi connectivity index (χ0) is 12.8. The third-order valence-electron chi connectivity index (χ3n) is 2.48. The van der Waals surface area contributed by atoms with Gasteiger partial charge in [0.05, 0.1) is 12.2 Å². The lowest BCUT2D eigenvalue weighted by molar-refractivity contribution is 0.182. The molecule has 1 rings (SSSR count). The van der Waals surface area contributed by atoms with Gasteiger partial charge in [-0.3, -0.25) is 0 Å². The Bertz CT molecular complexity index is 327. The number of aromatic nitrogens is 2. The molecule has 2 atom stereocenters. The monoisotopic (exact) mass is 239 g/mol. The van der Waals surface area contributed by atoms with Crippen molar-refractivity contribution in [3.63, 3.8) is 0 Å². The fourth-order valence-corrected chi connectivity index (χ4v) is 1.09. The van der Waals surface area contributed by atoms with Crippen LogP contribution in [0.25, 0.3) is 0 Å². The summed E-state index contributed by atoms with van der Waals surface area (Å²) >= 11 is 0. The number of anilines is 1. The van der Waals surface area contributed by atoms with Crippen molar-refractivity contribution in [3.8, 4) is 11.9 Å². The highest BCUT2D eigenvalue weighted by Crippen LogP contribution is 2.18. The van der Waals surface area contributed by atoms with Crippen molar-refractivity contribution in [1.29, 1.82) is 0 Å². The van der Waals surface area contributed by atoms with Crippen molar-refractivity contribution in [1.82, 2.24) is 9.97 Å². The summed E-state index contributed by atoms with van der Waals surface area (Å²) in [6.07, 6.45) is 1.96. The van der Waals surface area contributed by atoms with Crippen LogP contribution >= 0.6 is 0 Å². The minimum absolute atomic E-state index is 0.0632. The molecular formula is C12H21N3O2. The molecule has 0 aliphatic heterocycles. The van der Waals surface area contributed by atoms with E-state index in [9.17, 15) is 0 Å². The van der Waals surface area contributed by atoms with Crippen LogP contribution in [0.5, 0.6) is 11.9 Å². The van der Waals surface area contributed by atoms with Gasteiger partial charge in [0.1, 0.15) is 5.82 Å². The molecule has 0 bridgehead atoms. The van der Waals surface area contributed by atoms with Gasteiger partial charge < -0.3 is 15.2 Å². The van der Waals surface area contributed by atoms with E-state index in [1.54, 1.807) is 6.07 Å². The lowest BCUT2D eigenvalue weighted by Crippen LogP contribution is -2.15. The number of nitrogen functional groups attached to an aromatic ring is 1. The van der Waals surface area contributed by atoms with Gasteiger partial charge in [0.15, 0.2) is 0 Å². The van der Waals surface area contributed by atoms with Gasteiger partial charge in [-0.1, -0.05) is 13.8 Å². The molecule has 1 aromatic heterocycles. The van der Waals surface area contributed by atoms with Crippen LogP contribution in [0.1, 0.15) is 40.5 Å². The molecule has 0 saturated heterocycles. The fourth-order valence-electron chi connectivity index (χ4n) is 1.09. The third kappa shape index (κ3) is 4.46. The SMILES string of the molecule is CCC(C)Oc1cc(N)nc(OC(C)CC)n1. The summed E-state index contributed by atoms with van der Waals surface area (Å²) in [6.45, 7) is 8.02. The number of nitrogens with zero attached hydrogens (tertiary/aromatic N) is 2. The molecule has 0 spiro atoms. The highest BCUT2D eigenvalue weighted by molar-refractivity contribution is 5.34. The first-order chi connectivity index (χ1) is 8.05. The summed E-state index contributed by atoms with van der Waals surface area (Å²) in [5.41, 5.74) is 5.68. The summed E-state index contributed by atoms with van der Waals surface area (Å²) in [6, 6.07) is 1.88. The molecule has 0 fully saturated rings. The quantitative estimate of drug-likeness (QED) is 0.825. The molecule has 0 aliphatic rings. The van der Waals surface area contributed by atoms with Crippen LogP contribution in [0.2, 0.25) is 0 Å². The Balaban J connectivity index is 2.79. The van der Waals surface area contributed by atoms with Crippen molar-refractivity contribution in [2.75, 3.05) is 5.73 Å². The van der Waals surface area contributed by atoms with Crippen LogP contribution in [0.4, 0.5) is 5.82 Å². The van der Waals surface area contributed by atoms with Crippen LogP contribution in [0, 0.1) is 0 Å². The van der Waals surface area contributed by atoms with Crippen molar-refractivity contribution in [3.05, 3.63) is 6.07 Å². The molecule has 2 N–H and O–H groups in total. The standard InChI is InChI=1S/C12H21N3O2/c1-5-8(3)16-11-7-10(13)14-12(15-11)17-9(4)6-2/h7-9H,5-6H2,1-4H3,(H2,13,14,15). The average Bonchev–Trinajstić information content (AvgIpc) is 2.27. The summed E-state index contributed by atoms with van der Waals surface area (Å²) < 4.78 is 11.1. The van der Waals surface area contributed by atoms with Crippen molar-refractivity contribution >= 4 is 5.82 Å². The zero-order valence-electron chi connectivity index (χ0n) is 10.9. The number of hydrogen-bond acceptors (Lipinski definition) is 5. The maximum Gasteiger partial charge on any atom is 0.321 e. The number of hydrogen-bond donors (Lipinski definition) is 1. The highest BCUT2D eigenvalue weighted by atomic mass is 16.5. The van der Waals surface area contributed by atoms with E-state index in [4.69, 9.17) is 15.2 Å². The molecule has 0 saturated carbocycles. The largest absolute Gasteiger partial charge is 0.474 e. The van der Waals surface area contributed by atoms with E-state index in [0.29, 0.717) is 11.7 Å². The van der Waals surface area contributed by atoms with Gasteiger partial charge in [-0.25, -0.2) is 0 Å². The van der Waals surface area contributed by atoms with Crippen LogP contribution in [-0.2, 0) is 0 Å². The molecule has 5 heteroatoms. The minimum atomic E-state index is 0.0632. The average molecular weight is 239 g/mol. The van der Waals surface area contributed by atoms with E-state index >= 15 is 0 Å². The molecule has 1 aromatic rings. The summed E-state index contributed by atoms with van der Waals surface area (Å²) in [5, 5.41) is 0. The second-order valence-corrected chi connectivity index (χ2v) is 4.09. The molecule has 5 nitrogen and oxygen atoms in total. The molecular weight excluding hydrogens is 218 g/mol. The van der Waals surface area contributed by atoms with Crippen molar-refractivity contribution in [2.24, 2.45) is 0 Å². The molecule has 0 radical (unpaired) electrons. The van der Waals surface area contributed by atoms with Crippen molar-refractivity contribution in [2.45, 2.75) is 52.7 Å². The number of rotatable bonds is 6. The molecule has 0 aromatic carbocycles. The van der Waals surface area contributed by atoms with Crippen LogP contribution in [0.3, 0.4) is 0 Å². The van der Waals surface area contributed by atoms with E-state index in [0.717, 1.165) is 12.8 Å². The molecule has 0 amide bonds. The van der Waals surface area contributed by atoms with Crippen molar-refractivity contribution < 1.29 is 9.47 Å². The molecule has 1 heterocycles. The van der Waals surface area contributed by atoms with E-state index < -0.39 is 0 Å². The van der Waals surface area contributed by atoms with Gasteiger partial charge in [-0.2, -0.15) is 9.97 Å². The number of ether oxygens (including phenoxy) is 2. The molecule has 96 valence electrons. The van der Waals surface area contributed by atoms with E-state index in [-0.39, 0.29) is 18.2 Å². The zero-order valence-corrected chi connectivity index (χ0v) is 10.9. The van der Waals surface area contributed by atoms with Crippen LogP contribution in [-0.4, -0.2) is 22.2 Å². The predicted molar refractivity (Wildman–Crippen MR) is 67.2 cm³/mol. The third-order valence-corrected chi connectivity index (χ3v) is 2.48. The van der Waals surface area contributed by atoms with E-state index in [1.807, 2.05) is 27.7 Å². The Morgan fingerprint density at radius 2 is 1.71 bits per heavy atom. The molecule has 2 unspecified atom stereocenters. The van der Waals surface area contributed by atoms with Gasteiger partial charge in [-0.05, 0) is 26.7 Å². The Labute approximate surface area is 102 Å². The normalized spacial score (nSPS) is 14.1. The van der Waals surface area contributed by atoms with E-state index in [2.05, 4.69) is 9.97 Å². The maximum atomic E-state index is 5.68. The Kier molecular flexibility index (Phi) is 5.00. The molecule has 17 heavy (non-hydrogen) atoms.